The van der Waals surface area contributed by atoms with Crippen LogP contribution >= 0.6 is 11.6 Å². The minimum Gasteiger partial charge on any atom is -0.361 e. The van der Waals surface area contributed by atoms with Crippen molar-refractivity contribution in [3.8, 4) is 6.07 Å². The van der Waals surface area contributed by atoms with E-state index in [4.69, 9.17) is 11.6 Å². The number of halogens is 3. The van der Waals surface area contributed by atoms with E-state index < -0.39 is 48.7 Å². The summed E-state index contributed by atoms with van der Waals surface area (Å²) in [5.41, 5.74) is 1.68. The molecule has 2 fully saturated rings. The van der Waals surface area contributed by atoms with Gasteiger partial charge in [-0.05, 0) is 48.9 Å². The van der Waals surface area contributed by atoms with E-state index in [-0.39, 0.29) is 40.7 Å². The number of benzene rings is 2. The molecule has 1 aliphatic heterocycles. The average Bonchev–Trinajstić information content (AvgIpc) is 3.61. The lowest BCUT2D eigenvalue weighted by molar-refractivity contribution is -0.133. The highest BCUT2D eigenvalue weighted by Gasteiger charge is 2.48. The van der Waals surface area contributed by atoms with Crippen LogP contribution in [0, 0.1) is 11.3 Å². The lowest BCUT2D eigenvalue weighted by Crippen LogP contribution is -2.56. The van der Waals surface area contributed by atoms with Crippen molar-refractivity contribution in [3.63, 3.8) is 0 Å². The number of nitrogens with one attached hydrogen (secondary N) is 2. The van der Waals surface area contributed by atoms with Gasteiger partial charge in [0.05, 0.1) is 11.6 Å². The Hall–Kier alpha value is -4.82. The molecule has 43 heavy (non-hydrogen) atoms. The van der Waals surface area contributed by atoms with E-state index >= 15 is 0 Å². The number of pyridine rings is 1. The molecule has 0 spiro atoms. The molecule has 2 aromatic heterocycles. The van der Waals surface area contributed by atoms with E-state index in [1.165, 1.54) is 28.1 Å². The first kappa shape index (κ1) is 28.3. The van der Waals surface area contributed by atoms with E-state index in [1.807, 2.05) is 12.1 Å². The zero-order chi connectivity index (χ0) is 30.3. The standard InChI is InChI=1S/C31H25ClF2N6O3/c32-23-4-2-1-3-22(23)28(29(42)38-20-15-31(33,34)16-20)39(21-5-6-24-19(14-21)10-12-36-24)30(43)25-7-8-27(41)40(25)26-13-18(17-35)9-11-37-26/h1-6,9-14,20,25,28,36H,7-8,15-16H2,(H,38,42)/t25?,28-/m0/s1. The predicted octanol–water partition coefficient (Wildman–Crippen LogP) is 5.27. The molecule has 3 heterocycles. The molecule has 3 amide bonds. The van der Waals surface area contributed by atoms with Crippen molar-refractivity contribution >= 4 is 51.7 Å². The van der Waals surface area contributed by atoms with Crippen LogP contribution in [-0.2, 0) is 14.4 Å². The number of nitrogens with zero attached hydrogens (tertiary/aromatic N) is 4. The number of carbonyl (C=O) groups excluding carboxylic acids is 3. The predicted molar refractivity (Wildman–Crippen MR) is 156 cm³/mol. The van der Waals surface area contributed by atoms with Crippen LogP contribution in [-0.4, -0.2) is 45.7 Å². The van der Waals surface area contributed by atoms with Crippen molar-refractivity contribution in [1.29, 1.82) is 5.26 Å². The third-order valence-corrected chi connectivity index (χ3v) is 8.16. The summed E-state index contributed by atoms with van der Waals surface area (Å²) in [6, 6.07) is 15.2. The maximum absolute atomic E-state index is 14.7. The van der Waals surface area contributed by atoms with Crippen LogP contribution in [0.3, 0.4) is 0 Å². The van der Waals surface area contributed by atoms with Crippen LogP contribution in [0.2, 0.25) is 5.02 Å². The van der Waals surface area contributed by atoms with E-state index in [0.29, 0.717) is 5.69 Å². The van der Waals surface area contributed by atoms with Gasteiger partial charge in [0.15, 0.2) is 0 Å². The van der Waals surface area contributed by atoms with Crippen LogP contribution in [0.15, 0.2) is 73.1 Å². The van der Waals surface area contributed by atoms with Gasteiger partial charge in [-0.15, -0.1) is 0 Å². The molecule has 0 bridgehead atoms. The number of H-pyrrole nitrogens is 1. The minimum atomic E-state index is -2.87. The number of nitriles is 1. The molecule has 2 atom stereocenters. The van der Waals surface area contributed by atoms with Gasteiger partial charge in [-0.3, -0.25) is 24.2 Å². The molecule has 2 aromatic carbocycles. The van der Waals surface area contributed by atoms with Crippen molar-refractivity contribution in [2.24, 2.45) is 0 Å². The largest absolute Gasteiger partial charge is 0.361 e. The van der Waals surface area contributed by atoms with Gasteiger partial charge in [0.25, 0.3) is 11.8 Å². The molecule has 4 aromatic rings. The number of hydrogen-bond donors (Lipinski definition) is 2. The quantitative estimate of drug-likeness (QED) is 0.298. The summed E-state index contributed by atoms with van der Waals surface area (Å²) in [6.45, 7) is 0. The number of aromatic amines is 1. The van der Waals surface area contributed by atoms with Crippen LogP contribution in [0.5, 0.6) is 0 Å². The third kappa shape index (κ3) is 5.42. The summed E-state index contributed by atoms with van der Waals surface area (Å²) in [4.78, 5) is 51.7. The molecule has 218 valence electrons. The fourth-order valence-corrected chi connectivity index (χ4v) is 5.96. The van der Waals surface area contributed by atoms with E-state index in [2.05, 4.69) is 15.3 Å². The summed E-state index contributed by atoms with van der Waals surface area (Å²) < 4.78 is 27.4. The first-order valence-electron chi connectivity index (χ1n) is 13.7. The highest BCUT2D eigenvalue weighted by Crippen LogP contribution is 2.40. The Bertz CT molecular complexity index is 1780. The topological polar surface area (TPSA) is 122 Å². The average molecular weight is 603 g/mol. The molecule has 12 heteroatoms. The monoisotopic (exact) mass is 602 g/mol. The smallest absolute Gasteiger partial charge is 0.252 e. The van der Waals surface area contributed by atoms with Gasteiger partial charge in [-0.1, -0.05) is 29.8 Å². The number of aromatic nitrogens is 2. The van der Waals surface area contributed by atoms with Crippen molar-refractivity contribution in [3.05, 3.63) is 89.2 Å². The van der Waals surface area contributed by atoms with Crippen molar-refractivity contribution in [2.75, 3.05) is 9.80 Å². The number of anilines is 2. The lowest BCUT2D eigenvalue weighted by atomic mass is 9.87. The van der Waals surface area contributed by atoms with Gasteiger partial charge < -0.3 is 10.3 Å². The fourth-order valence-electron chi connectivity index (χ4n) is 5.72. The van der Waals surface area contributed by atoms with Crippen molar-refractivity contribution < 1.29 is 23.2 Å². The van der Waals surface area contributed by atoms with Gasteiger partial charge in [-0.25, -0.2) is 13.8 Å². The maximum atomic E-state index is 14.7. The number of fused-ring (bicyclic) bond motifs is 1. The molecule has 6 rings (SSSR count). The first-order chi connectivity index (χ1) is 20.6. The zero-order valence-corrected chi connectivity index (χ0v) is 23.4. The van der Waals surface area contributed by atoms with Crippen LogP contribution in [0.1, 0.15) is 42.9 Å². The minimum absolute atomic E-state index is 0.0413. The molecule has 2 N–H and O–H groups in total. The molecule has 2 aliphatic rings. The summed E-state index contributed by atoms with van der Waals surface area (Å²) in [5, 5.41) is 13.0. The SMILES string of the molecule is N#Cc1ccnc(N2C(=O)CCC2C(=O)N(c2ccc3[nH]ccc3c2)[C@H](C(=O)NC2CC(F)(F)C2)c2ccccc2Cl)c1. The Morgan fingerprint density at radius 1 is 1.16 bits per heavy atom. The van der Waals surface area contributed by atoms with Gasteiger partial charge in [0, 0.05) is 64.9 Å². The molecule has 9 nitrogen and oxygen atoms in total. The van der Waals surface area contributed by atoms with Crippen LogP contribution in [0.25, 0.3) is 10.9 Å². The Labute approximate surface area is 250 Å². The van der Waals surface area contributed by atoms with Gasteiger partial charge in [-0.2, -0.15) is 5.26 Å². The second kappa shape index (κ2) is 11.1. The Morgan fingerprint density at radius 2 is 1.95 bits per heavy atom. The Balaban J connectivity index is 1.47. The second-order valence-corrected chi connectivity index (χ2v) is 11.1. The Kier molecular flexibility index (Phi) is 7.31. The van der Waals surface area contributed by atoms with Crippen LogP contribution in [0.4, 0.5) is 20.3 Å². The highest BCUT2D eigenvalue weighted by molar-refractivity contribution is 6.31. The van der Waals surface area contributed by atoms with Gasteiger partial charge in [0.1, 0.15) is 17.9 Å². The molecule has 1 aliphatic carbocycles. The Morgan fingerprint density at radius 3 is 2.70 bits per heavy atom. The summed E-state index contributed by atoms with van der Waals surface area (Å²) in [7, 11) is 0. The number of hydrogen-bond acceptors (Lipinski definition) is 5. The molecular formula is C31H25ClF2N6O3. The van der Waals surface area contributed by atoms with E-state index in [0.717, 1.165) is 10.9 Å². The molecule has 1 saturated heterocycles. The first-order valence-corrected chi connectivity index (χ1v) is 14.0. The second-order valence-electron chi connectivity index (χ2n) is 10.7. The normalized spacial score (nSPS) is 18.6. The summed E-state index contributed by atoms with van der Waals surface area (Å²) in [5.74, 6) is -4.38. The maximum Gasteiger partial charge on any atom is 0.252 e. The number of amides is 3. The van der Waals surface area contributed by atoms with Crippen molar-refractivity contribution in [1.82, 2.24) is 15.3 Å². The lowest BCUT2D eigenvalue weighted by Gasteiger charge is -2.39. The summed E-state index contributed by atoms with van der Waals surface area (Å²) >= 11 is 6.60. The fraction of sp³-hybridized carbons (Fsp3) is 0.258. The van der Waals surface area contributed by atoms with Crippen LogP contribution < -0.4 is 15.1 Å². The van der Waals surface area contributed by atoms with E-state index in [1.54, 1.807) is 48.7 Å². The third-order valence-electron chi connectivity index (χ3n) is 7.81. The van der Waals surface area contributed by atoms with E-state index in [9.17, 15) is 28.4 Å². The molecule has 1 saturated carbocycles. The number of carbonyl (C=O) groups is 3. The highest BCUT2D eigenvalue weighted by atomic mass is 35.5. The van der Waals surface area contributed by atoms with Gasteiger partial charge in [0.2, 0.25) is 11.8 Å². The molecule has 0 radical (unpaired) electrons. The summed E-state index contributed by atoms with van der Waals surface area (Å²) in [6.07, 6.45) is 2.27. The number of rotatable bonds is 7. The molecular weight excluding hydrogens is 578 g/mol. The molecule has 1 unspecified atom stereocenters. The zero-order valence-electron chi connectivity index (χ0n) is 22.6. The van der Waals surface area contributed by atoms with Gasteiger partial charge >= 0.3 is 0 Å². The number of alkyl halides is 2. The van der Waals surface area contributed by atoms with Crippen molar-refractivity contribution in [2.45, 2.75) is 49.7 Å².